The Morgan fingerprint density at radius 1 is 1.04 bits per heavy atom. The van der Waals surface area contributed by atoms with Gasteiger partial charge in [0.25, 0.3) is 0 Å². The van der Waals surface area contributed by atoms with E-state index < -0.39 is 5.97 Å². The van der Waals surface area contributed by atoms with E-state index in [0.717, 1.165) is 16.8 Å². The number of rotatable bonds is 4. The zero-order valence-electron chi connectivity index (χ0n) is 13.0. The van der Waals surface area contributed by atoms with E-state index in [1.165, 1.54) is 10.9 Å². The molecule has 0 spiro atoms. The van der Waals surface area contributed by atoms with E-state index in [-0.39, 0.29) is 5.69 Å². The van der Waals surface area contributed by atoms with Crippen LogP contribution in [0.5, 0.6) is 0 Å². The lowest BCUT2D eigenvalue weighted by atomic mass is 10.0. The first-order chi connectivity index (χ1) is 12.2. The first kappa shape index (κ1) is 14.8. The number of aromatic nitrogens is 5. The third-order valence-electron chi connectivity index (χ3n) is 3.83. The fourth-order valence-electron chi connectivity index (χ4n) is 2.69. The molecule has 0 amide bonds. The highest BCUT2D eigenvalue weighted by molar-refractivity contribution is 5.86. The van der Waals surface area contributed by atoms with Crippen LogP contribution in [0.4, 0.5) is 0 Å². The number of carbonyl (C=O) groups is 1. The van der Waals surface area contributed by atoms with Crippen LogP contribution in [0.3, 0.4) is 0 Å². The van der Waals surface area contributed by atoms with Crippen LogP contribution in [0.25, 0.3) is 22.5 Å². The average molecular weight is 331 g/mol. The SMILES string of the molecule is O=C(O)c1cnnn1-c1ccc(-c2ccccc2)c(-n2cccn2)c1. The highest BCUT2D eigenvalue weighted by Crippen LogP contribution is 2.28. The second-order valence-electron chi connectivity index (χ2n) is 5.35. The molecule has 0 aliphatic rings. The highest BCUT2D eigenvalue weighted by atomic mass is 16.4. The Hall–Kier alpha value is -3.74. The Balaban J connectivity index is 1.92. The lowest BCUT2D eigenvalue weighted by molar-refractivity contribution is 0.0687. The van der Waals surface area contributed by atoms with Gasteiger partial charge in [0.05, 0.1) is 17.6 Å². The molecule has 0 saturated heterocycles. The van der Waals surface area contributed by atoms with Crippen molar-refractivity contribution in [2.24, 2.45) is 0 Å². The summed E-state index contributed by atoms with van der Waals surface area (Å²) in [7, 11) is 0. The smallest absolute Gasteiger partial charge is 0.356 e. The molecule has 0 aliphatic carbocycles. The maximum atomic E-state index is 11.3. The number of carboxylic acid groups (broad SMARTS) is 1. The average Bonchev–Trinajstić information content (AvgIpc) is 3.34. The predicted molar refractivity (Wildman–Crippen MR) is 90.9 cm³/mol. The van der Waals surface area contributed by atoms with Crippen molar-refractivity contribution in [2.75, 3.05) is 0 Å². The quantitative estimate of drug-likeness (QED) is 0.621. The van der Waals surface area contributed by atoms with E-state index in [1.807, 2.05) is 60.8 Å². The van der Waals surface area contributed by atoms with Crippen LogP contribution < -0.4 is 0 Å². The minimum Gasteiger partial charge on any atom is -0.476 e. The van der Waals surface area contributed by atoms with Gasteiger partial charge in [-0.3, -0.25) is 0 Å². The van der Waals surface area contributed by atoms with Crippen molar-refractivity contribution in [3.63, 3.8) is 0 Å². The summed E-state index contributed by atoms with van der Waals surface area (Å²) < 4.78 is 3.04. The molecule has 2 heterocycles. The van der Waals surface area contributed by atoms with Crippen molar-refractivity contribution in [2.45, 2.75) is 0 Å². The molecule has 0 atom stereocenters. The Kier molecular flexibility index (Phi) is 3.59. The Labute approximate surface area is 142 Å². The standard InChI is InChI=1S/C18H13N5O2/c24-18(25)17-12-19-21-23(17)14-7-8-15(13-5-2-1-3-6-13)16(11-14)22-10-4-9-20-22/h1-12H,(H,24,25). The molecule has 122 valence electrons. The predicted octanol–water partition coefficient (Wildman–Crippen LogP) is 2.82. The summed E-state index contributed by atoms with van der Waals surface area (Å²) in [6.45, 7) is 0. The zero-order chi connectivity index (χ0) is 17.2. The molecule has 0 unspecified atom stereocenters. The van der Waals surface area contributed by atoms with Gasteiger partial charge in [-0.15, -0.1) is 5.10 Å². The monoisotopic (exact) mass is 331 g/mol. The van der Waals surface area contributed by atoms with E-state index in [1.54, 1.807) is 10.9 Å². The van der Waals surface area contributed by atoms with Crippen molar-refractivity contribution in [3.8, 4) is 22.5 Å². The molecule has 2 aromatic carbocycles. The van der Waals surface area contributed by atoms with Gasteiger partial charge in [0.2, 0.25) is 0 Å². The van der Waals surface area contributed by atoms with Gasteiger partial charge in [0.1, 0.15) is 0 Å². The van der Waals surface area contributed by atoms with Crippen LogP contribution in [-0.2, 0) is 0 Å². The summed E-state index contributed by atoms with van der Waals surface area (Å²) in [4.78, 5) is 11.3. The van der Waals surface area contributed by atoms with Crippen LogP contribution in [0.2, 0.25) is 0 Å². The highest BCUT2D eigenvalue weighted by Gasteiger charge is 2.15. The number of hydrogen-bond acceptors (Lipinski definition) is 4. The van der Waals surface area contributed by atoms with Gasteiger partial charge in [-0.25, -0.2) is 14.2 Å². The van der Waals surface area contributed by atoms with E-state index in [2.05, 4.69) is 15.4 Å². The molecule has 0 radical (unpaired) electrons. The number of aromatic carboxylic acids is 1. The molecule has 7 heteroatoms. The maximum absolute atomic E-state index is 11.3. The first-order valence-corrected chi connectivity index (χ1v) is 7.58. The normalized spacial score (nSPS) is 10.7. The molecule has 0 bridgehead atoms. The summed E-state index contributed by atoms with van der Waals surface area (Å²) in [6, 6.07) is 17.3. The summed E-state index contributed by atoms with van der Waals surface area (Å²) >= 11 is 0. The number of hydrogen-bond donors (Lipinski definition) is 1. The molecular weight excluding hydrogens is 318 g/mol. The van der Waals surface area contributed by atoms with Gasteiger partial charge in [-0.05, 0) is 23.8 Å². The summed E-state index contributed by atoms with van der Waals surface area (Å²) in [6.07, 6.45) is 4.76. The minimum atomic E-state index is -1.09. The van der Waals surface area contributed by atoms with Gasteiger partial charge in [-0.1, -0.05) is 41.6 Å². The molecule has 2 aromatic heterocycles. The minimum absolute atomic E-state index is 0.00104. The molecule has 4 rings (SSSR count). The van der Waals surface area contributed by atoms with E-state index in [0.29, 0.717) is 5.69 Å². The van der Waals surface area contributed by atoms with Gasteiger partial charge >= 0.3 is 5.97 Å². The summed E-state index contributed by atoms with van der Waals surface area (Å²) in [5.74, 6) is -1.09. The lowest BCUT2D eigenvalue weighted by Crippen LogP contribution is -2.09. The topological polar surface area (TPSA) is 85.8 Å². The molecule has 0 saturated carbocycles. The fourth-order valence-corrected chi connectivity index (χ4v) is 2.69. The largest absolute Gasteiger partial charge is 0.476 e. The van der Waals surface area contributed by atoms with Crippen molar-refractivity contribution in [1.82, 2.24) is 24.8 Å². The van der Waals surface area contributed by atoms with Crippen LogP contribution in [0.15, 0.2) is 73.2 Å². The van der Waals surface area contributed by atoms with Gasteiger partial charge in [-0.2, -0.15) is 5.10 Å². The van der Waals surface area contributed by atoms with E-state index in [4.69, 9.17) is 0 Å². The van der Waals surface area contributed by atoms with Crippen molar-refractivity contribution in [3.05, 3.63) is 78.9 Å². The second kappa shape index (κ2) is 6.04. The molecule has 25 heavy (non-hydrogen) atoms. The lowest BCUT2D eigenvalue weighted by Gasteiger charge is -2.13. The van der Waals surface area contributed by atoms with Crippen molar-refractivity contribution >= 4 is 5.97 Å². The van der Waals surface area contributed by atoms with Gasteiger partial charge < -0.3 is 5.11 Å². The van der Waals surface area contributed by atoms with Crippen LogP contribution in [-0.4, -0.2) is 35.9 Å². The Morgan fingerprint density at radius 3 is 2.60 bits per heavy atom. The number of nitrogens with zero attached hydrogens (tertiary/aromatic N) is 5. The summed E-state index contributed by atoms with van der Waals surface area (Å²) in [5, 5.41) is 21.2. The van der Waals surface area contributed by atoms with Crippen LogP contribution in [0.1, 0.15) is 10.5 Å². The van der Waals surface area contributed by atoms with Crippen molar-refractivity contribution < 1.29 is 9.90 Å². The van der Waals surface area contributed by atoms with Gasteiger partial charge in [0, 0.05) is 18.0 Å². The fraction of sp³-hybridized carbons (Fsp3) is 0. The third kappa shape index (κ3) is 2.67. The van der Waals surface area contributed by atoms with E-state index in [9.17, 15) is 9.90 Å². The van der Waals surface area contributed by atoms with E-state index >= 15 is 0 Å². The molecule has 7 nitrogen and oxygen atoms in total. The second-order valence-corrected chi connectivity index (χ2v) is 5.35. The third-order valence-corrected chi connectivity index (χ3v) is 3.83. The molecular formula is C18H13N5O2. The zero-order valence-corrected chi connectivity index (χ0v) is 13.0. The van der Waals surface area contributed by atoms with Crippen molar-refractivity contribution in [1.29, 1.82) is 0 Å². The number of benzene rings is 2. The maximum Gasteiger partial charge on any atom is 0.356 e. The molecule has 1 N–H and O–H groups in total. The van der Waals surface area contributed by atoms with Gasteiger partial charge in [0.15, 0.2) is 5.69 Å². The molecule has 0 fully saturated rings. The summed E-state index contributed by atoms with van der Waals surface area (Å²) in [5.41, 5.74) is 3.43. The Morgan fingerprint density at radius 2 is 1.88 bits per heavy atom. The first-order valence-electron chi connectivity index (χ1n) is 7.58. The Bertz CT molecular complexity index is 1020. The van der Waals surface area contributed by atoms with Crippen LogP contribution in [0, 0.1) is 0 Å². The molecule has 0 aliphatic heterocycles. The molecule has 4 aromatic rings. The number of carboxylic acids is 1. The van der Waals surface area contributed by atoms with Crippen LogP contribution >= 0.6 is 0 Å².